The minimum absolute atomic E-state index is 0.0611. The second-order valence-electron chi connectivity index (χ2n) is 7.37. The Hall–Kier alpha value is -2.76. The van der Waals surface area contributed by atoms with Crippen LogP contribution in [0.3, 0.4) is 0 Å². The molecule has 0 aliphatic carbocycles. The van der Waals surface area contributed by atoms with Crippen molar-refractivity contribution in [3.05, 3.63) is 82.4 Å². The summed E-state index contributed by atoms with van der Waals surface area (Å²) in [4.78, 5) is 27.2. The molecule has 31 heavy (non-hydrogen) atoms. The molecule has 1 N–H and O–H groups in total. The SMILES string of the molecule is CCCCCCC(=Cc1ccccc1)C=C1C(=O)NC(=S)N(c2ccc(Cl)cc2)C1=O. The van der Waals surface area contributed by atoms with Crippen LogP contribution in [0.15, 0.2) is 71.8 Å². The quantitative estimate of drug-likeness (QED) is 0.229. The molecule has 2 aromatic rings. The van der Waals surface area contributed by atoms with E-state index in [1.54, 1.807) is 30.3 Å². The summed E-state index contributed by atoms with van der Waals surface area (Å²) in [6.45, 7) is 2.17. The van der Waals surface area contributed by atoms with Gasteiger partial charge in [0.2, 0.25) is 0 Å². The molecular weight excluding hydrogens is 428 g/mol. The van der Waals surface area contributed by atoms with Gasteiger partial charge in [0.1, 0.15) is 5.57 Å². The van der Waals surface area contributed by atoms with Crippen molar-refractivity contribution in [2.75, 3.05) is 4.90 Å². The lowest BCUT2D eigenvalue weighted by Crippen LogP contribution is -2.54. The van der Waals surface area contributed by atoms with Gasteiger partial charge in [0, 0.05) is 5.02 Å². The molecular formula is C25H25ClN2O2S. The average molecular weight is 453 g/mol. The van der Waals surface area contributed by atoms with E-state index in [0.29, 0.717) is 10.7 Å². The standard InChI is InChI=1S/C25H25ClN2O2S/c1-2-3-4-6-11-19(16-18-9-7-5-8-10-18)17-22-23(29)27-25(31)28(24(22)30)21-14-12-20(26)13-15-21/h5,7-10,12-17H,2-4,6,11H2,1H3,(H,27,29,31). The Kier molecular flexibility index (Phi) is 8.15. The van der Waals surface area contributed by atoms with Gasteiger partial charge in [-0.1, -0.05) is 74.2 Å². The first-order chi connectivity index (χ1) is 15.0. The highest BCUT2D eigenvalue weighted by atomic mass is 35.5. The Bertz CT molecular complexity index is 1010. The zero-order chi connectivity index (χ0) is 22.2. The first-order valence-corrected chi connectivity index (χ1v) is 11.2. The summed E-state index contributed by atoms with van der Waals surface area (Å²) in [7, 11) is 0. The molecule has 4 nitrogen and oxygen atoms in total. The summed E-state index contributed by atoms with van der Waals surface area (Å²) < 4.78 is 0. The van der Waals surface area contributed by atoms with Gasteiger partial charge in [0.25, 0.3) is 11.8 Å². The van der Waals surface area contributed by atoms with Crippen LogP contribution in [0, 0.1) is 0 Å². The van der Waals surface area contributed by atoms with Crippen LogP contribution < -0.4 is 10.2 Å². The van der Waals surface area contributed by atoms with Crippen molar-refractivity contribution in [2.24, 2.45) is 0 Å². The van der Waals surface area contributed by atoms with Crippen LogP contribution >= 0.6 is 23.8 Å². The molecule has 1 saturated heterocycles. The van der Waals surface area contributed by atoms with Gasteiger partial charge in [-0.05, 0) is 66.5 Å². The monoisotopic (exact) mass is 452 g/mol. The van der Waals surface area contributed by atoms with E-state index in [2.05, 4.69) is 12.2 Å². The minimum atomic E-state index is -0.479. The number of carbonyl (C=O) groups is 2. The normalized spacial score (nSPS) is 16.1. The van der Waals surface area contributed by atoms with Crippen molar-refractivity contribution in [1.29, 1.82) is 0 Å². The molecule has 6 heteroatoms. The number of nitrogens with one attached hydrogen (secondary N) is 1. The zero-order valence-corrected chi connectivity index (χ0v) is 19.0. The molecule has 0 saturated carbocycles. The molecule has 0 spiro atoms. The lowest BCUT2D eigenvalue weighted by molar-refractivity contribution is -0.122. The number of amides is 2. The predicted molar refractivity (Wildman–Crippen MR) is 131 cm³/mol. The Morgan fingerprint density at radius 1 is 1.03 bits per heavy atom. The summed E-state index contributed by atoms with van der Waals surface area (Å²) in [5.74, 6) is -0.920. The van der Waals surface area contributed by atoms with E-state index < -0.39 is 11.8 Å². The predicted octanol–water partition coefficient (Wildman–Crippen LogP) is 6.07. The molecule has 0 radical (unpaired) electrons. The highest BCUT2D eigenvalue weighted by Crippen LogP contribution is 2.25. The fourth-order valence-electron chi connectivity index (χ4n) is 3.37. The Balaban J connectivity index is 1.93. The van der Waals surface area contributed by atoms with Crippen LogP contribution in [0.25, 0.3) is 6.08 Å². The number of allylic oxidation sites excluding steroid dienone is 2. The summed E-state index contributed by atoms with van der Waals surface area (Å²) >= 11 is 11.2. The van der Waals surface area contributed by atoms with E-state index in [1.165, 1.54) is 4.90 Å². The van der Waals surface area contributed by atoms with Crippen LogP contribution in [0.1, 0.15) is 44.6 Å². The van der Waals surface area contributed by atoms with Crippen LogP contribution in [0.2, 0.25) is 5.02 Å². The molecule has 1 heterocycles. The number of rotatable bonds is 8. The lowest BCUT2D eigenvalue weighted by Gasteiger charge is -2.29. The minimum Gasteiger partial charge on any atom is -0.298 e. The number of hydrogen-bond donors (Lipinski definition) is 1. The molecule has 1 aliphatic rings. The van der Waals surface area contributed by atoms with Gasteiger partial charge < -0.3 is 0 Å². The molecule has 0 aromatic heterocycles. The zero-order valence-electron chi connectivity index (χ0n) is 17.4. The number of thiocarbonyl (C=S) groups is 1. The maximum atomic E-state index is 13.2. The third kappa shape index (κ3) is 6.12. The topological polar surface area (TPSA) is 49.4 Å². The highest BCUT2D eigenvalue weighted by molar-refractivity contribution is 7.80. The smallest absolute Gasteiger partial charge is 0.270 e. The molecule has 2 amide bonds. The number of unbranched alkanes of at least 4 members (excludes halogenated alkanes) is 3. The van der Waals surface area contributed by atoms with Crippen LogP contribution in [-0.2, 0) is 9.59 Å². The van der Waals surface area contributed by atoms with Crippen molar-refractivity contribution >= 4 is 52.5 Å². The number of carbonyl (C=O) groups excluding carboxylic acids is 2. The summed E-state index contributed by atoms with van der Waals surface area (Å²) in [5.41, 5.74) is 2.59. The second kappa shape index (κ2) is 11.0. The molecule has 3 rings (SSSR count). The third-order valence-corrected chi connectivity index (χ3v) is 5.52. The van der Waals surface area contributed by atoms with Gasteiger partial charge in [-0.2, -0.15) is 0 Å². The maximum Gasteiger partial charge on any atom is 0.270 e. The van der Waals surface area contributed by atoms with Gasteiger partial charge in [0.15, 0.2) is 5.11 Å². The second-order valence-corrected chi connectivity index (χ2v) is 8.20. The third-order valence-electron chi connectivity index (χ3n) is 4.99. The van der Waals surface area contributed by atoms with E-state index in [4.69, 9.17) is 23.8 Å². The average Bonchev–Trinajstić information content (AvgIpc) is 2.76. The molecule has 0 unspecified atom stereocenters. The fourth-order valence-corrected chi connectivity index (χ4v) is 3.78. The van der Waals surface area contributed by atoms with Crippen LogP contribution in [0.4, 0.5) is 5.69 Å². The Labute approximate surface area is 193 Å². The summed E-state index contributed by atoms with van der Waals surface area (Å²) in [6.07, 6.45) is 8.91. The first kappa shape index (κ1) is 22.9. The van der Waals surface area contributed by atoms with Gasteiger partial charge in [-0.25, -0.2) is 0 Å². The molecule has 0 atom stereocenters. The van der Waals surface area contributed by atoms with Gasteiger partial charge in [-0.3, -0.25) is 19.8 Å². The van der Waals surface area contributed by atoms with Crippen molar-refractivity contribution in [2.45, 2.75) is 39.0 Å². The number of nitrogens with zero attached hydrogens (tertiary/aromatic N) is 1. The van der Waals surface area contributed by atoms with E-state index in [9.17, 15) is 9.59 Å². The number of benzene rings is 2. The van der Waals surface area contributed by atoms with Gasteiger partial charge in [-0.15, -0.1) is 0 Å². The molecule has 160 valence electrons. The largest absolute Gasteiger partial charge is 0.298 e. The molecule has 0 bridgehead atoms. The molecule has 1 aliphatic heterocycles. The fraction of sp³-hybridized carbons (Fsp3) is 0.240. The number of anilines is 1. The van der Waals surface area contributed by atoms with E-state index in [-0.39, 0.29) is 10.7 Å². The number of hydrogen-bond acceptors (Lipinski definition) is 3. The Morgan fingerprint density at radius 3 is 2.42 bits per heavy atom. The van der Waals surface area contributed by atoms with Crippen molar-refractivity contribution < 1.29 is 9.59 Å². The number of halogens is 1. The maximum absolute atomic E-state index is 13.2. The molecule has 1 fully saturated rings. The van der Waals surface area contributed by atoms with Crippen molar-refractivity contribution in [3.8, 4) is 0 Å². The summed E-state index contributed by atoms with van der Waals surface area (Å²) in [6, 6.07) is 16.7. The van der Waals surface area contributed by atoms with E-state index in [1.807, 2.05) is 36.4 Å². The van der Waals surface area contributed by atoms with Crippen LogP contribution in [-0.4, -0.2) is 16.9 Å². The lowest BCUT2D eigenvalue weighted by atomic mass is 9.99. The van der Waals surface area contributed by atoms with Crippen molar-refractivity contribution in [1.82, 2.24) is 5.32 Å². The van der Waals surface area contributed by atoms with Crippen molar-refractivity contribution in [3.63, 3.8) is 0 Å². The van der Waals surface area contributed by atoms with E-state index in [0.717, 1.165) is 43.2 Å². The van der Waals surface area contributed by atoms with Gasteiger partial charge >= 0.3 is 0 Å². The Morgan fingerprint density at radius 2 is 1.74 bits per heavy atom. The molecule has 2 aromatic carbocycles. The van der Waals surface area contributed by atoms with Gasteiger partial charge in [0.05, 0.1) is 5.69 Å². The highest BCUT2D eigenvalue weighted by Gasteiger charge is 2.34. The van der Waals surface area contributed by atoms with Crippen LogP contribution in [0.5, 0.6) is 0 Å². The van der Waals surface area contributed by atoms with E-state index >= 15 is 0 Å². The summed E-state index contributed by atoms with van der Waals surface area (Å²) in [5, 5.41) is 3.25. The first-order valence-electron chi connectivity index (χ1n) is 10.4.